The number of aromatic nitrogens is 1. The van der Waals surface area contributed by atoms with Crippen LogP contribution in [0.5, 0.6) is 0 Å². The lowest BCUT2D eigenvalue weighted by Crippen LogP contribution is -2.49. The Morgan fingerprint density at radius 3 is 2.57 bits per heavy atom. The number of halogens is 1. The quantitative estimate of drug-likeness (QED) is 0.321. The number of nitrogens with one attached hydrogen (secondary N) is 2. The summed E-state index contributed by atoms with van der Waals surface area (Å²) in [6.45, 7) is 14.9. The van der Waals surface area contributed by atoms with Crippen molar-refractivity contribution in [3.8, 4) is 0 Å². The van der Waals surface area contributed by atoms with Crippen LogP contribution in [-0.4, -0.2) is 74.4 Å². The average Bonchev–Trinajstić information content (AvgIpc) is 2.77. The predicted molar refractivity (Wildman–Crippen MR) is 135 cm³/mol. The molecule has 0 radical (unpaired) electrons. The van der Waals surface area contributed by atoms with Crippen LogP contribution < -0.4 is 15.5 Å². The van der Waals surface area contributed by atoms with Crippen LogP contribution in [0.25, 0.3) is 0 Å². The second-order valence-electron chi connectivity index (χ2n) is 8.27. The number of nitrogens with zero attached hydrogens (tertiary/aromatic N) is 4. The van der Waals surface area contributed by atoms with Gasteiger partial charge in [-0.1, -0.05) is 13.0 Å². The fourth-order valence-corrected chi connectivity index (χ4v) is 3.84. The molecule has 0 bridgehead atoms. The highest BCUT2D eigenvalue weighted by atomic mass is 127. The van der Waals surface area contributed by atoms with Crippen molar-refractivity contribution in [2.75, 3.05) is 57.4 Å². The molecular weight excluding hydrogens is 491 g/mol. The van der Waals surface area contributed by atoms with Gasteiger partial charge in [-0.05, 0) is 44.2 Å². The number of piperidine rings is 1. The first-order valence-corrected chi connectivity index (χ1v) is 11.2. The number of hydrogen-bond donors (Lipinski definition) is 2. The number of rotatable bonds is 7. The van der Waals surface area contributed by atoms with Crippen LogP contribution in [0.2, 0.25) is 0 Å². The van der Waals surface area contributed by atoms with Crippen molar-refractivity contribution < 1.29 is 4.74 Å². The monoisotopic (exact) mass is 530 g/mol. The van der Waals surface area contributed by atoms with Gasteiger partial charge < -0.3 is 20.3 Å². The molecule has 1 atom stereocenters. The first kappa shape index (κ1) is 25.1. The summed E-state index contributed by atoms with van der Waals surface area (Å²) >= 11 is 0. The zero-order chi connectivity index (χ0) is 20.5. The summed E-state index contributed by atoms with van der Waals surface area (Å²) in [5, 5.41) is 6.83. The van der Waals surface area contributed by atoms with Gasteiger partial charge in [0, 0.05) is 51.5 Å². The van der Waals surface area contributed by atoms with E-state index < -0.39 is 0 Å². The number of aliphatic imine (C=N–C) groups is 1. The average molecular weight is 530 g/mol. The van der Waals surface area contributed by atoms with Gasteiger partial charge in [0.15, 0.2) is 5.96 Å². The molecule has 1 aromatic rings. The molecule has 170 valence electrons. The smallest absolute Gasteiger partial charge is 0.191 e. The minimum atomic E-state index is 0. The molecule has 2 aliphatic heterocycles. The summed E-state index contributed by atoms with van der Waals surface area (Å²) in [6, 6.07) is 4.75. The highest BCUT2D eigenvalue weighted by molar-refractivity contribution is 14.0. The maximum atomic E-state index is 5.45. The molecule has 0 aromatic carbocycles. The van der Waals surface area contributed by atoms with Gasteiger partial charge in [0.25, 0.3) is 0 Å². The first-order valence-electron chi connectivity index (χ1n) is 11.2. The second kappa shape index (κ2) is 13.3. The Morgan fingerprint density at radius 2 is 1.93 bits per heavy atom. The third-order valence-electron chi connectivity index (χ3n) is 5.91. The third kappa shape index (κ3) is 7.85. The highest BCUT2D eigenvalue weighted by Crippen LogP contribution is 2.21. The summed E-state index contributed by atoms with van der Waals surface area (Å²) in [5.74, 6) is 2.79. The van der Waals surface area contributed by atoms with Gasteiger partial charge in [0.1, 0.15) is 5.82 Å². The zero-order valence-electron chi connectivity index (χ0n) is 18.8. The Labute approximate surface area is 199 Å². The lowest BCUT2D eigenvalue weighted by molar-refractivity contribution is 0.0211. The van der Waals surface area contributed by atoms with E-state index in [0.717, 1.165) is 75.7 Å². The lowest BCUT2D eigenvalue weighted by Gasteiger charge is -2.32. The van der Waals surface area contributed by atoms with E-state index in [1.807, 2.05) is 6.20 Å². The maximum absolute atomic E-state index is 5.45. The number of anilines is 1. The van der Waals surface area contributed by atoms with E-state index in [1.165, 1.54) is 12.8 Å². The van der Waals surface area contributed by atoms with E-state index in [4.69, 9.17) is 9.73 Å². The zero-order valence-corrected chi connectivity index (χ0v) is 21.1. The van der Waals surface area contributed by atoms with Gasteiger partial charge in [0.05, 0.1) is 19.8 Å². The molecule has 8 heteroatoms. The van der Waals surface area contributed by atoms with Gasteiger partial charge in [-0.15, -0.1) is 24.0 Å². The third-order valence-corrected chi connectivity index (χ3v) is 5.91. The van der Waals surface area contributed by atoms with Crippen molar-refractivity contribution >= 4 is 35.8 Å². The second-order valence-corrected chi connectivity index (χ2v) is 8.27. The Bertz CT molecular complexity index is 627. The Hall–Kier alpha value is -1.13. The molecule has 0 amide bonds. The fraction of sp³-hybridized carbons (Fsp3) is 0.727. The number of ether oxygens (including phenoxy) is 1. The molecule has 1 unspecified atom stereocenters. The molecule has 0 saturated carbocycles. The van der Waals surface area contributed by atoms with Crippen LogP contribution in [0.1, 0.15) is 39.2 Å². The molecule has 0 spiro atoms. The highest BCUT2D eigenvalue weighted by Gasteiger charge is 2.18. The minimum Gasteiger partial charge on any atom is -0.379 e. The topological polar surface area (TPSA) is 65.0 Å². The van der Waals surface area contributed by atoms with Crippen LogP contribution >= 0.6 is 24.0 Å². The van der Waals surface area contributed by atoms with Crippen LogP contribution in [0, 0.1) is 5.92 Å². The molecule has 2 aliphatic rings. The van der Waals surface area contributed by atoms with Crippen molar-refractivity contribution in [3.05, 3.63) is 23.9 Å². The Kier molecular flexibility index (Phi) is 11.2. The maximum Gasteiger partial charge on any atom is 0.191 e. The van der Waals surface area contributed by atoms with Gasteiger partial charge >= 0.3 is 0 Å². The summed E-state index contributed by atoms with van der Waals surface area (Å²) in [5.41, 5.74) is 1.14. The minimum absolute atomic E-state index is 0. The molecule has 2 fully saturated rings. The molecule has 3 heterocycles. The number of hydrogen-bond acceptors (Lipinski definition) is 5. The van der Waals surface area contributed by atoms with Crippen molar-refractivity contribution in [3.63, 3.8) is 0 Å². The van der Waals surface area contributed by atoms with Gasteiger partial charge in [-0.2, -0.15) is 0 Å². The summed E-state index contributed by atoms with van der Waals surface area (Å²) in [7, 11) is 0. The van der Waals surface area contributed by atoms with E-state index in [2.05, 4.69) is 58.3 Å². The predicted octanol–water partition coefficient (Wildman–Crippen LogP) is 2.71. The Balaban J connectivity index is 0.00000320. The first-order chi connectivity index (χ1) is 14.2. The number of pyridine rings is 1. The standard InChI is InChI=1S/C22H38N6O.HI/c1-4-23-22(25-15-19(3)27-11-13-29-14-12-27)26-17-20-5-6-21(24-16-20)28-9-7-18(2)8-10-28;/h5-6,16,18-19H,4,7-15,17H2,1-3H3,(H2,23,25,26);1H. The van der Waals surface area contributed by atoms with E-state index >= 15 is 0 Å². The number of morpholine rings is 1. The molecule has 7 nitrogen and oxygen atoms in total. The summed E-state index contributed by atoms with van der Waals surface area (Å²) in [4.78, 5) is 14.3. The molecule has 30 heavy (non-hydrogen) atoms. The molecule has 1 aromatic heterocycles. The van der Waals surface area contributed by atoms with Crippen LogP contribution in [0.3, 0.4) is 0 Å². The van der Waals surface area contributed by atoms with Crippen molar-refractivity contribution in [2.24, 2.45) is 10.9 Å². The van der Waals surface area contributed by atoms with Crippen molar-refractivity contribution in [1.82, 2.24) is 20.5 Å². The summed E-state index contributed by atoms with van der Waals surface area (Å²) < 4.78 is 5.45. The van der Waals surface area contributed by atoms with Gasteiger partial charge in [-0.25, -0.2) is 9.98 Å². The van der Waals surface area contributed by atoms with E-state index in [-0.39, 0.29) is 24.0 Å². The fourth-order valence-electron chi connectivity index (χ4n) is 3.84. The van der Waals surface area contributed by atoms with Crippen molar-refractivity contribution in [1.29, 1.82) is 0 Å². The lowest BCUT2D eigenvalue weighted by atomic mass is 9.99. The molecule has 2 N–H and O–H groups in total. The van der Waals surface area contributed by atoms with Crippen LogP contribution in [0.4, 0.5) is 5.82 Å². The molecule has 0 aliphatic carbocycles. The van der Waals surface area contributed by atoms with Crippen molar-refractivity contribution in [2.45, 2.75) is 46.2 Å². The van der Waals surface area contributed by atoms with E-state index in [1.54, 1.807) is 0 Å². The van der Waals surface area contributed by atoms with E-state index in [9.17, 15) is 0 Å². The SMILES string of the molecule is CCNC(=NCc1ccc(N2CCC(C)CC2)nc1)NCC(C)N1CCOCC1.I. The van der Waals surface area contributed by atoms with Gasteiger partial charge in [-0.3, -0.25) is 4.90 Å². The Morgan fingerprint density at radius 1 is 1.20 bits per heavy atom. The number of guanidine groups is 1. The van der Waals surface area contributed by atoms with Crippen LogP contribution in [0.15, 0.2) is 23.3 Å². The van der Waals surface area contributed by atoms with Crippen LogP contribution in [-0.2, 0) is 11.3 Å². The molecule has 3 rings (SSSR count). The summed E-state index contributed by atoms with van der Waals surface area (Å²) in [6.07, 6.45) is 4.49. The largest absolute Gasteiger partial charge is 0.379 e. The molecule has 2 saturated heterocycles. The normalized spacial score (nSPS) is 19.8. The van der Waals surface area contributed by atoms with Gasteiger partial charge in [0.2, 0.25) is 0 Å². The van der Waals surface area contributed by atoms with E-state index in [0.29, 0.717) is 12.6 Å². The molecular formula is C22H39IN6O.